The predicted octanol–water partition coefficient (Wildman–Crippen LogP) is 1.95. The van der Waals surface area contributed by atoms with Gasteiger partial charge >= 0.3 is 0 Å². The van der Waals surface area contributed by atoms with Crippen molar-refractivity contribution in [1.82, 2.24) is 9.78 Å². The first kappa shape index (κ1) is 17.0. The number of benzene rings is 1. The summed E-state index contributed by atoms with van der Waals surface area (Å²) in [6.45, 7) is 1.65. The number of anilines is 1. The molecule has 1 unspecified atom stereocenters. The first-order valence-corrected chi connectivity index (χ1v) is 8.18. The molecule has 3 rings (SSSR count). The summed E-state index contributed by atoms with van der Waals surface area (Å²) in [5.74, 6) is 0.756. The predicted molar refractivity (Wildman–Crippen MR) is 93.4 cm³/mol. The van der Waals surface area contributed by atoms with Crippen molar-refractivity contribution in [2.45, 2.75) is 32.2 Å². The molecule has 1 N–H and O–H groups in total. The van der Waals surface area contributed by atoms with E-state index in [1.807, 2.05) is 0 Å². The van der Waals surface area contributed by atoms with E-state index in [1.165, 1.54) is 11.8 Å². The maximum absolute atomic E-state index is 12.6. The van der Waals surface area contributed by atoms with Crippen molar-refractivity contribution < 1.29 is 14.3 Å². The lowest BCUT2D eigenvalue weighted by Crippen LogP contribution is -2.34. The van der Waals surface area contributed by atoms with Crippen LogP contribution >= 0.6 is 0 Å². The second-order valence-corrected chi connectivity index (χ2v) is 5.98. The summed E-state index contributed by atoms with van der Waals surface area (Å²) in [5, 5.41) is 7.16. The Bertz CT molecular complexity index is 860. The minimum absolute atomic E-state index is 0.263. The molecule has 7 heteroatoms. The lowest BCUT2D eigenvalue weighted by molar-refractivity contribution is -0.119. The van der Waals surface area contributed by atoms with E-state index in [0.717, 1.165) is 30.5 Å². The van der Waals surface area contributed by atoms with Crippen molar-refractivity contribution in [3.63, 3.8) is 0 Å². The van der Waals surface area contributed by atoms with Crippen molar-refractivity contribution in [2.75, 3.05) is 19.5 Å². The summed E-state index contributed by atoms with van der Waals surface area (Å²) < 4.78 is 11.7. The van der Waals surface area contributed by atoms with Gasteiger partial charge in [0.05, 0.1) is 25.6 Å². The number of fused-ring (bicyclic) bond motifs is 1. The van der Waals surface area contributed by atoms with Crippen molar-refractivity contribution >= 4 is 11.6 Å². The summed E-state index contributed by atoms with van der Waals surface area (Å²) in [6.07, 6.45) is 2.71. The van der Waals surface area contributed by atoms with Crippen LogP contribution in [0.3, 0.4) is 0 Å². The van der Waals surface area contributed by atoms with Gasteiger partial charge in [-0.05, 0) is 43.9 Å². The third-order valence-electron chi connectivity index (χ3n) is 4.39. The van der Waals surface area contributed by atoms with Crippen LogP contribution in [0, 0.1) is 0 Å². The van der Waals surface area contributed by atoms with Crippen molar-refractivity contribution in [3.05, 3.63) is 45.9 Å². The van der Waals surface area contributed by atoms with Gasteiger partial charge in [-0.25, -0.2) is 4.68 Å². The average Bonchev–Trinajstić information content (AvgIpc) is 3.07. The number of hydrogen-bond acceptors (Lipinski definition) is 5. The van der Waals surface area contributed by atoms with Crippen LogP contribution in [-0.4, -0.2) is 29.9 Å². The fourth-order valence-corrected chi connectivity index (χ4v) is 2.95. The molecular formula is C18H21N3O4. The summed E-state index contributed by atoms with van der Waals surface area (Å²) in [6, 6.07) is 5.96. The van der Waals surface area contributed by atoms with Gasteiger partial charge in [-0.2, -0.15) is 5.10 Å². The van der Waals surface area contributed by atoms with Crippen LogP contribution in [0.4, 0.5) is 5.69 Å². The van der Waals surface area contributed by atoms with Crippen LogP contribution in [0.15, 0.2) is 29.1 Å². The first-order valence-electron chi connectivity index (χ1n) is 8.18. The van der Waals surface area contributed by atoms with E-state index in [2.05, 4.69) is 10.4 Å². The van der Waals surface area contributed by atoms with Crippen molar-refractivity contribution in [1.29, 1.82) is 0 Å². The lowest BCUT2D eigenvalue weighted by atomic mass is 10.2. The highest BCUT2D eigenvalue weighted by atomic mass is 16.5. The summed E-state index contributed by atoms with van der Waals surface area (Å²) in [4.78, 5) is 24.9. The molecule has 0 saturated heterocycles. The van der Waals surface area contributed by atoms with E-state index in [0.29, 0.717) is 17.2 Å². The Balaban J connectivity index is 1.86. The quantitative estimate of drug-likeness (QED) is 0.897. The summed E-state index contributed by atoms with van der Waals surface area (Å²) in [7, 11) is 3.07. The van der Waals surface area contributed by atoms with E-state index < -0.39 is 6.04 Å². The number of aryl methyl sites for hydroxylation is 2. The largest absolute Gasteiger partial charge is 0.497 e. The molecule has 7 nitrogen and oxygen atoms in total. The standard InChI is InChI=1S/C18H21N3O4/c1-11(21-17(22)9-12-5-4-6-14(12)20-21)18(23)19-15-10-13(24-2)7-8-16(15)25-3/h7-11H,4-6H2,1-3H3,(H,19,23). The van der Waals surface area contributed by atoms with Gasteiger partial charge < -0.3 is 14.8 Å². The number of aromatic nitrogens is 2. The molecule has 0 fully saturated rings. The molecule has 1 atom stereocenters. The molecule has 0 bridgehead atoms. The van der Waals surface area contributed by atoms with Gasteiger partial charge in [0, 0.05) is 12.1 Å². The molecule has 1 aliphatic rings. The topological polar surface area (TPSA) is 82.4 Å². The van der Waals surface area contributed by atoms with E-state index in [-0.39, 0.29) is 11.5 Å². The Kier molecular flexibility index (Phi) is 4.74. The van der Waals surface area contributed by atoms with Crippen LogP contribution in [0.2, 0.25) is 0 Å². The SMILES string of the molecule is COc1ccc(OC)c(NC(=O)C(C)n2nc3c(cc2=O)CCC3)c1. The number of carbonyl (C=O) groups is 1. The van der Waals surface area contributed by atoms with Crippen molar-refractivity contribution in [2.24, 2.45) is 0 Å². The van der Waals surface area contributed by atoms with Gasteiger partial charge in [-0.1, -0.05) is 0 Å². The minimum Gasteiger partial charge on any atom is -0.497 e. The molecule has 1 aliphatic carbocycles. The van der Waals surface area contributed by atoms with Gasteiger partial charge in [0.2, 0.25) is 5.91 Å². The van der Waals surface area contributed by atoms with Gasteiger partial charge in [-0.3, -0.25) is 9.59 Å². The number of nitrogens with one attached hydrogen (secondary N) is 1. The van der Waals surface area contributed by atoms with E-state index in [4.69, 9.17) is 9.47 Å². The maximum atomic E-state index is 12.6. The molecule has 132 valence electrons. The fraction of sp³-hybridized carbons (Fsp3) is 0.389. The van der Waals surface area contributed by atoms with E-state index in [9.17, 15) is 9.59 Å². The van der Waals surface area contributed by atoms with E-state index >= 15 is 0 Å². The highest BCUT2D eigenvalue weighted by Crippen LogP contribution is 2.29. The second-order valence-electron chi connectivity index (χ2n) is 5.98. The maximum Gasteiger partial charge on any atom is 0.267 e. The number of hydrogen-bond donors (Lipinski definition) is 1. The molecule has 1 amide bonds. The van der Waals surface area contributed by atoms with Gasteiger partial charge in [0.15, 0.2) is 0 Å². The third kappa shape index (κ3) is 3.35. The Morgan fingerprint density at radius 2 is 2.04 bits per heavy atom. The normalized spacial score (nSPS) is 13.9. The second kappa shape index (κ2) is 6.96. The van der Waals surface area contributed by atoms with Crippen LogP contribution in [0.25, 0.3) is 0 Å². The average molecular weight is 343 g/mol. The van der Waals surface area contributed by atoms with Gasteiger partial charge in [0.1, 0.15) is 17.5 Å². The zero-order valence-corrected chi connectivity index (χ0v) is 14.5. The fourth-order valence-electron chi connectivity index (χ4n) is 2.95. The lowest BCUT2D eigenvalue weighted by Gasteiger charge is -2.17. The highest BCUT2D eigenvalue weighted by Gasteiger charge is 2.22. The monoisotopic (exact) mass is 343 g/mol. The highest BCUT2D eigenvalue weighted by molar-refractivity contribution is 5.95. The third-order valence-corrected chi connectivity index (χ3v) is 4.39. The Hall–Kier alpha value is -2.83. The molecule has 1 aromatic heterocycles. The Morgan fingerprint density at radius 3 is 2.76 bits per heavy atom. The number of nitrogens with zero attached hydrogens (tertiary/aromatic N) is 2. The molecule has 0 aliphatic heterocycles. The molecule has 1 aromatic carbocycles. The number of ether oxygens (including phenoxy) is 2. The molecule has 0 spiro atoms. The van der Waals surface area contributed by atoms with Crippen LogP contribution < -0.4 is 20.3 Å². The minimum atomic E-state index is -0.741. The van der Waals surface area contributed by atoms with Crippen molar-refractivity contribution in [3.8, 4) is 11.5 Å². The molecular weight excluding hydrogens is 322 g/mol. The summed E-state index contributed by atoms with van der Waals surface area (Å²) >= 11 is 0. The van der Waals surface area contributed by atoms with E-state index in [1.54, 1.807) is 38.3 Å². The first-order chi connectivity index (χ1) is 12.0. The number of methoxy groups -OCH3 is 2. The molecule has 0 saturated carbocycles. The molecule has 1 heterocycles. The molecule has 2 aromatic rings. The van der Waals surface area contributed by atoms with Gasteiger partial charge in [-0.15, -0.1) is 0 Å². The zero-order valence-electron chi connectivity index (χ0n) is 14.5. The Morgan fingerprint density at radius 1 is 1.24 bits per heavy atom. The number of carbonyl (C=O) groups excluding carboxylic acids is 1. The smallest absolute Gasteiger partial charge is 0.267 e. The summed E-state index contributed by atoms with van der Waals surface area (Å²) in [5.41, 5.74) is 2.11. The number of amides is 1. The Labute approximate surface area is 145 Å². The molecule has 0 radical (unpaired) electrons. The molecule has 25 heavy (non-hydrogen) atoms. The van der Waals surface area contributed by atoms with Crippen LogP contribution in [0.5, 0.6) is 11.5 Å². The van der Waals surface area contributed by atoms with Crippen LogP contribution in [-0.2, 0) is 17.6 Å². The zero-order chi connectivity index (χ0) is 18.0. The van der Waals surface area contributed by atoms with Crippen LogP contribution in [0.1, 0.15) is 30.6 Å². The number of rotatable bonds is 5. The van der Waals surface area contributed by atoms with Gasteiger partial charge in [0.25, 0.3) is 5.56 Å².